The molecule has 2 nitrogen and oxygen atoms in total. The zero-order chi connectivity index (χ0) is 15.2. The van der Waals surface area contributed by atoms with E-state index in [0.717, 1.165) is 12.8 Å². The molecule has 1 aliphatic carbocycles. The van der Waals surface area contributed by atoms with Gasteiger partial charge in [0.1, 0.15) is 5.82 Å². The molecular formula is C17H24ClFO2. The van der Waals surface area contributed by atoms with Crippen LogP contribution in [0.4, 0.5) is 4.39 Å². The highest BCUT2D eigenvalue weighted by Gasteiger charge is 2.30. The van der Waals surface area contributed by atoms with Gasteiger partial charge in [-0.15, -0.1) is 0 Å². The molecular weight excluding hydrogens is 291 g/mol. The van der Waals surface area contributed by atoms with Crippen molar-refractivity contribution in [1.82, 2.24) is 0 Å². The molecule has 4 heteroatoms. The van der Waals surface area contributed by atoms with E-state index in [4.69, 9.17) is 16.3 Å². The quantitative estimate of drug-likeness (QED) is 0.845. The molecule has 2 rings (SSSR count). The number of hydrogen-bond acceptors (Lipinski definition) is 2. The minimum Gasteiger partial charge on any atom is -0.390 e. The third-order valence-electron chi connectivity index (χ3n) is 4.31. The molecule has 1 fully saturated rings. The van der Waals surface area contributed by atoms with Crippen LogP contribution in [0.15, 0.2) is 18.2 Å². The molecule has 21 heavy (non-hydrogen) atoms. The topological polar surface area (TPSA) is 29.5 Å². The number of aliphatic hydroxyl groups excluding tert-OH is 1. The Morgan fingerprint density at radius 2 is 2.05 bits per heavy atom. The zero-order valence-electron chi connectivity index (χ0n) is 12.5. The molecule has 1 aromatic carbocycles. The summed E-state index contributed by atoms with van der Waals surface area (Å²) in [6.07, 6.45) is 5.13. The molecule has 118 valence electrons. The summed E-state index contributed by atoms with van der Waals surface area (Å²) in [4.78, 5) is 0. The fourth-order valence-corrected chi connectivity index (χ4v) is 3.46. The van der Waals surface area contributed by atoms with Gasteiger partial charge >= 0.3 is 0 Å². The van der Waals surface area contributed by atoms with Gasteiger partial charge < -0.3 is 9.84 Å². The van der Waals surface area contributed by atoms with Gasteiger partial charge in [-0.25, -0.2) is 4.39 Å². The van der Waals surface area contributed by atoms with Crippen LogP contribution in [0.2, 0.25) is 5.02 Å². The first-order chi connectivity index (χ1) is 10.1. The molecule has 1 aliphatic rings. The van der Waals surface area contributed by atoms with Gasteiger partial charge in [-0.05, 0) is 37.3 Å². The molecule has 0 radical (unpaired) electrons. The second-order valence-electron chi connectivity index (χ2n) is 5.80. The molecule has 2 atom stereocenters. The second kappa shape index (κ2) is 8.11. The molecule has 0 heterocycles. The highest BCUT2D eigenvalue weighted by Crippen LogP contribution is 2.31. The van der Waals surface area contributed by atoms with Crippen molar-refractivity contribution in [3.63, 3.8) is 0 Å². The molecule has 0 aromatic heterocycles. The van der Waals surface area contributed by atoms with Crippen LogP contribution in [0.1, 0.15) is 44.6 Å². The maximum absolute atomic E-state index is 14.0. The van der Waals surface area contributed by atoms with E-state index in [-0.39, 0.29) is 17.5 Å². The fourth-order valence-electron chi connectivity index (χ4n) is 3.26. The predicted molar refractivity (Wildman–Crippen MR) is 83.1 cm³/mol. The fraction of sp³-hybridized carbons (Fsp3) is 0.647. The normalized spacial score (nSPS) is 19.4. The molecule has 0 spiro atoms. The van der Waals surface area contributed by atoms with E-state index in [1.807, 2.05) is 6.92 Å². The summed E-state index contributed by atoms with van der Waals surface area (Å²) in [7, 11) is 0. The Hall–Kier alpha value is -0.640. The lowest BCUT2D eigenvalue weighted by Gasteiger charge is -2.33. The Kier molecular flexibility index (Phi) is 6.46. The van der Waals surface area contributed by atoms with E-state index < -0.39 is 11.9 Å². The number of benzene rings is 1. The van der Waals surface area contributed by atoms with Gasteiger partial charge in [0.2, 0.25) is 0 Å². The smallest absolute Gasteiger partial charge is 0.145 e. The Morgan fingerprint density at radius 3 is 2.71 bits per heavy atom. The van der Waals surface area contributed by atoms with Gasteiger partial charge in [0.25, 0.3) is 0 Å². The Labute approximate surface area is 131 Å². The van der Waals surface area contributed by atoms with E-state index in [1.54, 1.807) is 12.1 Å². The third-order valence-corrected chi connectivity index (χ3v) is 4.61. The molecule has 0 saturated heterocycles. The molecule has 1 saturated carbocycles. The van der Waals surface area contributed by atoms with Crippen molar-refractivity contribution in [2.45, 2.75) is 57.7 Å². The number of aliphatic hydroxyl groups is 1. The first kappa shape index (κ1) is 16.7. The van der Waals surface area contributed by atoms with E-state index in [2.05, 4.69) is 0 Å². The summed E-state index contributed by atoms with van der Waals surface area (Å²) in [5, 5.41) is 10.6. The van der Waals surface area contributed by atoms with Crippen LogP contribution in [0, 0.1) is 11.7 Å². The van der Waals surface area contributed by atoms with Crippen LogP contribution < -0.4 is 0 Å². The molecule has 1 aromatic rings. The Morgan fingerprint density at radius 1 is 1.33 bits per heavy atom. The van der Waals surface area contributed by atoms with Crippen molar-refractivity contribution >= 4 is 11.6 Å². The third kappa shape index (κ3) is 4.41. The SMILES string of the molecule is CCOC(C(O)Cc1cccc(Cl)c1F)C1CCCCC1. The monoisotopic (exact) mass is 314 g/mol. The van der Waals surface area contributed by atoms with Gasteiger partial charge in [-0.3, -0.25) is 0 Å². The minimum absolute atomic E-state index is 0.102. The zero-order valence-corrected chi connectivity index (χ0v) is 13.3. The maximum Gasteiger partial charge on any atom is 0.145 e. The summed E-state index contributed by atoms with van der Waals surface area (Å²) >= 11 is 5.80. The average Bonchev–Trinajstić information content (AvgIpc) is 2.50. The van der Waals surface area contributed by atoms with Crippen molar-refractivity contribution in [3.8, 4) is 0 Å². The van der Waals surface area contributed by atoms with E-state index in [1.165, 1.54) is 25.3 Å². The van der Waals surface area contributed by atoms with Gasteiger partial charge in [-0.2, -0.15) is 0 Å². The average molecular weight is 315 g/mol. The van der Waals surface area contributed by atoms with Crippen LogP contribution in [0.25, 0.3) is 0 Å². The summed E-state index contributed by atoms with van der Waals surface area (Å²) < 4.78 is 19.7. The molecule has 0 amide bonds. The second-order valence-corrected chi connectivity index (χ2v) is 6.21. The lowest BCUT2D eigenvalue weighted by molar-refractivity contribution is -0.0717. The van der Waals surface area contributed by atoms with Crippen molar-refractivity contribution in [1.29, 1.82) is 0 Å². The van der Waals surface area contributed by atoms with E-state index in [0.29, 0.717) is 18.1 Å². The first-order valence-electron chi connectivity index (χ1n) is 7.86. The van der Waals surface area contributed by atoms with Crippen molar-refractivity contribution in [2.24, 2.45) is 5.92 Å². The van der Waals surface area contributed by atoms with Gasteiger partial charge in [0.15, 0.2) is 0 Å². The maximum atomic E-state index is 14.0. The van der Waals surface area contributed by atoms with Gasteiger partial charge in [-0.1, -0.05) is 43.0 Å². The van der Waals surface area contributed by atoms with Crippen molar-refractivity contribution < 1.29 is 14.2 Å². The molecule has 2 unspecified atom stereocenters. The van der Waals surface area contributed by atoms with Crippen molar-refractivity contribution in [2.75, 3.05) is 6.61 Å². The molecule has 0 bridgehead atoms. The summed E-state index contributed by atoms with van der Waals surface area (Å²) in [5.74, 6) is -0.0620. The highest BCUT2D eigenvalue weighted by molar-refractivity contribution is 6.30. The predicted octanol–water partition coefficient (Wildman–Crippen LogP) is 4.37. The number of ether oxygens (including phenoxy) is 1. The standard InChI is InChI=1S/C17H24ClFO2/c1-2-21-17(12-7-4-3-5-8-12)15(20)11-13-9-6-10-14(18)16(13)19/h6,9-10,12,15,17,20H,2-5,7-8,11H2,1H3. The van der Waals surface area contributed by atoms with Gasteiger partial charge in [0, 0.05) is 13.0 Å². The van der Waals surface area contributed by atoms with Crippen LogP contribution in [-0.4, -0.2) is 23.9 Å². The van der Waals surface area contributed by atoms with E-state index in [9.17, 15) is 9.50 Å². The summed E-state index contributed by atoms with van der Waals surface area (Å²) in [5.41, 5.74) is 0.454. The first-order valence-corrected chi connectivity index (χ1v) is 8.23. The van der Waals surface area contributed by atoms with Gasteiger partial charge in [0.05, 0.1) is 17.2 Å². The summed E-state index contributed by atoms with van der Waals surface area (Å²) in [6, 6.07) is 4.91. The number of halogens is 2. The number of rotatable bonds is 6. The van der Waals surface area contributed by atoms with Crippen LogP contribution >= 0.6 is 11.6 Å². The minimum atomic E-state index is -0.694. The molecule has 0 aliphatic heterocycles. The van der Waals surface area contributed by atoms with Crippen LogP contribution in [-0.2, 0) is 11.2 Å². The van der Waals surface area contributed by atoms with Crippen molar-refractivity contribution in [3.05, 3.63) is 34.6 Å². The van der Waals surface area contributed by atoms with E-state index >= 15 is 0 Å². The number of hydrogen-bond donors (Lipinski definition) is 1. The lowest BCUT2D eigenvalue weighted by atomic mass is 9.82. The Balaban J connectivity index is 2.07. The largest absolute Gasteiger partial charge is 0.390 e. The highest BCUT2D eigenvalue weighted by atomic mass is 35.5. The van der Waals surface area contributed by atoms with Crippen LogP contribution in [0.3, 0.4) is 0 Å². The molecule has 1 N–H and O–H groups in total. The van der Waals surface area contributed by atoms with Crippen LogP contribution in [0.5, 0.6) is 0 Å². The lowest BCUT2D eigenvalue weighted by Crippen LogP contribution is -2.38. The summed E-state index contributed by atoms with van der Waals surface area (Å²) in [6.45, 7) is 2.50. The Bertz CT molecular complexity index is 446.